The van der Waals surface area contributed by atoms with E-state index in [1.807, 2.05) is 4.72 Å². The van der Waals surface area contributed by atoms with Gasteiger partial charge in [-0.1, -0.05) is 18.5 Å². The third-order valence-corrected chi connectivity index (χ3v) is 4.10. The molecule has 0 saturated heterocycles. The lowest BCUT2D eigenvalue weighted by Gasteiger charge is -2.13. The minimum atomic E-state index is -4.12. The topological polar surface area (TPSA) is 107 Å². The summed E-state index contributed by atoms with van der Waals surface area (Å²) in [7, 11) is -4.12. The molecule has 6 nitrogen and oxygen atoms in total. The Balaban J connectivity index is 3.25. The van der Waals surface area contributed by atoms with Crippen LogP contribution in [0.15, 0.2) is 23.1 Å². The molecule has 1 aromatic rings. The molecule has 0 radical (unpaired) electrons. The van der Waals surface area contributed by atoms with E-state index in [0.29, 0.717) is 0 Å². The Bertz CT molecular complexity index is 637. The summed E-state index contributed by atoms with van der Waals surface area (Å²) >= 11 is 5.69. The number of carboxylic acids is 1. The Kier molecular flexibility index (Phi) is 4.89. The molecule has 0 aromatic heterocycles. The molecule has 0 spiro atoms. The van der Waals surface area contributed by atoms with E-state index in [2.05, 4.69) is 0 Å². The van der Waals surface area contributed by atoms with Crippen LogP contribution in [0.2, 0.25) is 5.02 Å². The first-order chi connectivity index (χ1) is 8.81. The first-order valence-electron chi connectivity index (χ1n) is 5.26. The highest BCUT2D eigenvalue weighted by atomic mass is 35.5. The molecule has 0 fully saturated rings. The maximum atomic E-state index is 12.1. The van der Waals surface area contributed by atoms with Crippen molar-refractivity contribution in [3.63, 3.8) is 0 Å². The first-order valence-corrected chi connectivity index (χ1v) is 7.12. The van der Waals surface area contributed by atoms with Crippen LogP contribution in [-0.4, -0.2) is 25.5 Å². The molecule has 2 N–H and O–H groups in total. The van der Waals surface area contributed by atoms with Crippen LogP contribution in [0.4, 0.5) is 0 Å². The fraction of sp³-hybridized carbons (Fsp3) is 0.273. The number of carboxylic acid groups (broad SMARTS) is 1. The van der Waals surface area contributed by atoms with E-state index in [1.54, 1.807) is 6.07 Å². The van der Waals surface area contributed by atoms with Crippen LogP contribution in [0.5, 0.6) is 0 Å². The molecule has 1 atom stereocenters. The second-order valence-corrected chi connectivity index (χ2v) is 5.79. The molecule has 0 aliphatic rings. The number of aliphatic carboxylic acids is 1. The monoisotopic (exact) mass is 302 g/mol. The molecule has 1 rings (SSSR count). The van der Waals surface area contributed by atoms with Gasteiger partial charge in [-0.15, -0.1) is 0 Å². The zero-order valence-corrected chi connectivity index (χ0v) is 11.5. The van der Waals surface area contributed by atoms with Gasteiger partial charge < -0.3 is 5.11 Å². The van der Waals surface area contributed by atoms with E-state index in [9.17, 15) is 13.2 Å². The second-order valence-electron chi connectivity index (χ2n) is 3.67. The number of benzene rings is 1. The third-order valence-electron chi connectivity index (χ3n) is 2.36. The average Bonchev–Trinajstić information content (AvgIpc) is 2.35. The molecule has 0 aliphatic carbocycles. The van der Waals surface area contributed by atoms with Crippen molar-refractivity contribution in [2.75, 3.05) is 0 Å². The summed E-state index contributed by atoms with van der Waals surface area (Å²) in [6.45, 7) is 1.53. The Morgan fingerprint density at radius 1 is 1.58 bits per heavy atom. The minimum Gasteiger partial charge on any atom is -0.480 e. The van der Waals surface area contributed by atoms with Crippen molar-refractivity contribution in [2.45, 2.75) is 24.3 Å². The van der Waals surface area contributed by atoms with Crippen LogP contribution in [0.3, 0.4) is 0 Å². The van der Waals surface area contributed by atoms with Crippen molar-refractivity contribution in [3.05, 3.63) is 28.8 Å². The summed E-state index contributed by atoms with van der Waals surface area (Å²) < 4.78 is 26.1. The van der Waals surface area contributed by atoms with E-state index in [0.717, 1.165) is 6.07 Å². The van der Waals surface area contributed by atoms with Crippen molar-refractivity contribution in [1.29, 1.82) is 5.26 Å². The summed E-state index contributed by atoms with van der Waals surface area (Å²) in [6, 6.07) is 4.22. The van der Waals surface area contributed by atoms with Crippen LogP contribution in [0.1, 0.15) is 18.9 Å². The van der Waals surface area contributed by atoms with Gasteiger partial charge in [-0.2, -0.15) is 9.98 Å². The molecule has 1 aromatic carbocycles. The Morgan fingerprint density at radius 2 is 2.21 bits per heavy atom. The zero-order chi connectivity index (χ0) is 14.6. The summed E-state index contributed by atoms with van der Waals surface area (Å²) in [6.07, 6.45) is 0.0804. The molecule has 0 heterocycles. The van der Waals surface area contributed by atoms with Gasteiger partial charge in [-0.3, -0.25) is 4.79 Å². The fourth-order valence-electron chi connectivity index (χ4n) is 1.37. The number of halogens is 1. The van der Waals surface area contributed by atoms with Crippen molar-refractivity contribution in [1.82, 2.24) is 4.72 Å². The zero-order valence-electron chi connectivity index (χ0n) is 9.92. The van der Waals surface area contributed by atoms with Crippen LogP contribution >= 0.6 is 11.6 Å². The molecule has 0 amide bonds. The van der Waals surface area contributed by atoms with Gasteiger partial charge in [-0.05, 0) is 24.6 Å². The second kappa shape index (κ2) is 6.02. The van der Waals surface area contributed by atoms with E-state index in [-0.39, 0.29) is 21.9 Å². The van der Waals surface area contributed by atoms with Crippen molar-refractivity contribution < 1.29 is 18.3 Å². The lowest BCUT2D eigenvalue weighted by molar-refractivity contribution is -0.139. The van der Waals surface area contributed by atoms with Gasteiger partial charge in [0, 0.05) is 5.02 Å². The van der Waals surface area contributed by atoms with Crippen molar-refractivity contribution in [2.24, 2.45) is 0 Å². The van der Waals surface area contributed by atoms with Crippen LogP contribution < -0.4 is 4.72 Å². The molecular weight excluding hydrogens is 292 g/mol. The van der Waals surface area contributed by atoms with Gasteiger partial charge in [-0.25, -0.2) is 8.42 Å². The van der Waals surface area contributed by atoms with E-state index in [4.69, 9.17) is 22.0 Å². The van der Waals surface area contributed by atoms with E-state index >= 15 is 0 Å². The number of carbonyl (C=O) groups is 1. The van der Waals surface area contributed by atoms with Gasteiger partial charge in [0.05, 0.1) is 5.56 Å². The van der Waals surface area contributed by atoms with Gasteiger partial charge in [0.2, 0.25) is 10.0 Å². The van der Waals surface area contributed by atoms with Gasteiger partial charge >= 0.3 is 5.97 Å². The Labute approximate surface area is 115 Å². The number of rotatable bonds is 5. The lowest BCUT2D eigenvalue weighted by Crippen LogP contribution is -2.40. The molecular formula is C11H11ClN2O4S. The highest BCUT2D eigenvalue weighted by molar-refractivity contribution is 7.89. The number of nitrogens with one attached hydrogen (secondary N) is 1. The highest BCUT2D eigenvalue weighted by Gasteiger charge is 2.26. The van der Waals surface area contributed by atoms with Crippen LogP contribution in [-0.2, 0) is 14.8 Å². The van der Waals surface area contributed by atoms with E-state index in [1.165, 1.54) is 19.1 Å². The molecule has 0 bridgehead atoms. The molecule has 102 valence electrons. The Hall–Kier alpha value is -1.62. The Morgan fingerprint density at radius 3 is 2.68 bits per heavy atom. The van der Waals surface area contributed by atoms with Crippen LogP contribution in [0.25, 0.3) is 0 Å². The molecule has 19 heavy (non-hydrogen) atoms. The fourth-order valence-corrected chi connectivity index (χ4v) is 3.06. The number of hydrogen-bond acceptors (Lipinski definition) is 4. The van der Waals surface area contributed by atoms with Gasteiger partial charge in [0.15, 0.2) is 0 Å². The maximum Gasteiger partial charge on any atom is 0.321 e. The summed E-state index contributed by atoms with van der Waals surface area (Å²) in [5.74, 6) is -1.29. The quantitative estimate of drug-likeness (QED) is 0.853. The van der Waals surface area contributed by atoms with Gasteiger partial charge in [0.25, 0.3) is 0 Å². The SMILES string of the molecule is CCC(NS(=O)(=O)c1cc(Cl)ccc1C#N)C(=O)O. The predicted molar refractivity (Wildman–Crippen MR) is 68.2 cm³/mol. The number of nitriles is 1. The van der Waals surface area contributed by atoms with Crippen molar-refractivity contribution in [3.8, 4) is 6.07 Å². The van der Waals surface area contributed by atoms with Crippen LogP contribution in [0, 0.1) is 11.3 Å². The van der Waals surface area contributed by atoms with E-state index < -0.39 is 22.0 Å². The number of nitrogens with zero attached hydrogens (tertiary/aromatic N) is 1. The lowest BCUT2D eigenvalue weighted by atomic mass is 10.2. The first kappa shape index (κ1) is 15.4. The highest BCUT2D eigenvalue weighted by Crippen LogP contribution is 2.20. The largest absolute Gasteiger partial charge is 0.480 e. The number of sulfonamides is 1. The third kappa shape index (κ3) is 3.67. The predicted octanol–water partition coefficient (Wildman–Crippen LogP) is 1.35. The summed E-state index contributed by atoms with van der Waals surface area (Å²) in [5.41, 5.74) is -0.0999. The number of hydrogen-bond donors (Lipinski definition) is 2. The summed E-state index contributed by atoms with van der Waals surface area (Å²) in [4.78, 5) is 10.5. The average molecular weight is 303 g/mol. The minimum absolute atomic E-state index is 0.0804. The molecule has 1 unspecified atom stereocenters. The molecule has 0 aliphatic heterocycles. The normalized spacial score (nSPS) is 12.7. The maximum absolute atomic E-state index is 12.1. The molecule has 8 heteroatoms. The standard InChI is InChI=1S/C11H11ClN2O4S/c1-2-9(11(15)16)14-19(17,18)10-5-8(12)4-3-7(10)6-13/h3-5,9,14H,2H2,1H3,(H,15,16). The molecule has 0 saturated carbocycles. The smallest absolute Gasteiger partial charge is 0.321 e. The summed E-state index contributed by atoms with van der Waals surface area (Å²) in [5, 5.41) is 17.9. The van der Waals surface area contributed by atoms with Crippen molar-refractivity contribution >= 4 is 27.6 Å². The van der Waals surface area contributed by atoms with Gasteiger partial charge in [0.1, 0.15) is 17.0 Å².